The maximum absolute atomic E-state index is 12.6. The Morgan fingerprint density at radius 2 is 1.86 bits per heavy atom. The summed E-state index contributed by atoms with van der Waals surface area (Å²) in [5.41, 5.74) is 1.96. The number of aliphatic hydroxyl groups is 1. The lowest BCUT2D eigenvalue weighted by molar-refractivity contribution is -0.138. The summed E-state index contributed by atoms with van der Waals surface area (Å²) in [5, 5.41) is 14.8. The van der Waals surface area contributed by atoms with Gasteiger partial charge in [0.2, 0.25) is 0 Å². The highest BCUT2D eigenvalue weighted by Gasteiger charge is 2.29. The smallest absolute Gasteiger partial charge is 0.267 e. The molecule has 0 saturated carbocycles. The number of nitrogens with one attached hydrogen (secondary N) is 2. The van der Waals surface area contributed by atoms with E-state index in [-0.39, 0.29) is 12.5 Å². The van der Waals surface area contributed by atoms with E-state index in [0.29, 0.717) is 10.7 Å². The van der Waals surface area contributed by atoms with Crippen LogP contribution in [0.15, 0.2) is 54.6 Å². The van der Waals surface area contributed by atoms with Crippen molar-refractivity contribution in [3.05, 3.63) is 70.9 Å². The summed E-state index contributed by atoms with van der Waals surface area (Å²) in [5.74, 6) is -1.31. The Labute approximate surface area is 168 Å². The molecule has 0 aliphatic rings. The van der Waals surface area contributed by atoms with Crippen LogP contribution in [0, 0.1) is 0 Å². The van der Waals surface area contributed by atoms with Gasteiger partial charge in [0.15, 0.2) is 0 Å². The molecule has 0 radical (unpaired) electrons. The van der Waals surface area contributed by atoms with Gasteiger partial charge in [0, 0.05) is 42.5 Å². The third-order valence-corrected chi connectivity index (χ3v) is 4.85. The molecule has 0 bridgehead atoms. The van der Waals surface area contributed by atoms with Crippen LogP contribution in [0.1, 0.15) is 22.0 Å². The minimum absolute atomic E-state index is 0.111. The van der Waals surface area contributed by atoms with Gasteiger partial charge in [-0.3, -0.25) is 9.59 Å². The van der Waals surface area contributed by atoms with E-state index < -0.39 is 17.9 Å². The molecule has 0 aliphatic carbocycles. The highest BCUT2D eigenvalue weighted by Crippen LogP contribution is 2.22. The van der Waals surface area contributed by atoms with E-state index in [2.05, 4.69) is 10.3 Å². The molecule has 1 aromatic heterocycles. The highest BCUT2D eigenvalue weighted by atomic mass is 35.5. The van der Waals surface area contributed by atoms with Crippen molar-refractivity contribution in [1.29, 1.82) is 0 Å². The van der Waals surface area contributed by atoms with E-state index in [1.807, 2.05) is 30.3 Å². The molecular formula is C21H22ClN3O3. The van der Waals surface area contributed by atoms with Gasteiger partial charge in [-0.25, -0.2) is 0 Å². The van der Waals surface area contributed by atoms with Gasteiger partial charge in [-0.05, 0) is 29.8 Å². The molecule has 3 aromatic rings. The van der Waals surface area contributed by atoms with E-state index in [1.165, 1.54) is 4.90 Å². The number of aromatic nitrogens is 1. The molecule has 3 N–H and O–H groups in total. The maximum Gasteiger partial charge on any atom is 0.267 e. The number of carbonyl (C=O) groups is 2. The normalized spacial score (nSPS) is 13.1. The second-order valence-corrected chi connectivity index (χ2v) is 7.26. The fraction of sp³-hybridized carbons (Fsp3) is 0.238. The summed E-state index contributed by atoms with van der Waals surface area (Å²) in [4.78, 5) is 29.3. The first-order valence-electron chi connectivity index (χ1n) is 8.87. The van der Waals surface area contributed by atoms with Crippen molar-refractivity contribution < 1.29 is 14.7 Å². The number of H-pyrrole nitrogens is 1. The van der Waals surface area contributed by atoms with Crippen LogP contribution < -0.4 is 5.32 Å². The average Bonchev–Trinajstić information content (AvgIpc) is 3.11. The topological polar surface area (TPSA) is 85.4 Å². The molecule has 1 heterocycles. The third kappa shape index (κ3) is 4.35. The van der Waals surface area contributed by atoms with Crippen molar-refractivity contribution in [3.8, 4) is 0 Å². The number of hydrogen-bond donors (Lipinski definition) is 3. The van der Waals surface area contributed by atoms with E-state index in [1.54, 1.807) is 38.4 Å². The van der Waals surface area contributed by atoms with Gasteiger partial charge < -0.3 is 20.3 Å². The molecule has 28 heavy (non-hydrogen) atoms. The number of benzene rings is 2. The van der Waals surface area contributed by atoms with Crippen molar-refractivity contribution in [2.24, 2.45) is 0 Å². The number of aliphatic hydroxyl groups excluding tert-OH is 1. The monoisotopic (exact) mass is 399 g/mol. The van der Waals surface area contributed by atoms with E-state index >= 15 is 0 Å². The summed E-state index contributed by atoms with van der Waals surface area (Å²) in [6.45, 7) is 0.111. The van der Waals surface area contributed by atoms with Gasteiger partial charge >= 0.3 is 0 Å². The largest absolute Gasteiger partial charge is 0.383 e. The lowest BCUT2D eigenvalue weighted by Crippen LogP contribution is -2.42. The van der Waals surface area contributed by atoms with Crippen LogP contribution in [0.4, 0.5) is 0 Å². The molecule has 6 nitrogen and oxygen atoms in total. The predicted octanol–water partition coefficient (Wildman–Crippen LogP) is 2.78. The molecule has 7 heteroatoms. The molecule has 0 spiro atoms. The minimum atomic E-state index is -1.26. The predicted molar refractivity (Wildman–Crippen MR) is 110 cm³/mol. The molecule has 146 valence electrons. The molecule has 0 saturated heterocycles. The zero-order valence-corrected chi connectivity index (χ0v) is 16.4. The van der Waals surface area contributed by atoms with E-state index in [0.717, 1.165) is 16.5 Å². The first kappa shape index (κ1) is 19.9. The van der Waals surface area contributed by atoms with Gasteiger partial charge in [-0.1, -0.05) is 41.9 Å². The number of carbonyl (C=O) groups excluding carboxylic acids is 2. The van der Waals surface area contributed by atoms with Gasteiger partial charge in [-0.2, -0.15) is 0 Å². The fourth-order valence-corrected chi connectivity index (χ4v) is 3.25. The van der Waals surface area contributed by atoms with Crippen LogP contribution in [0.3, 0.4) is 0 Å². The Bertz CT molecular complexity index is 985. The quantitative estimate of drug-likeness (QED) is 0.595. The van der Waals surface area contributed by atoms with Crippen LogP contribution >= 0.6 is 11.6 Å². The van der Waals surface area contributed by atoms with Crippen molar-refractivity contribution in [1.82, 2.24) is 15.2 Å². The van der Waals surface area contributed by atoms with Crippen LogP contribution in [-0.4, -0.2) is 53.5 Å². The summed E-state index contributed by atoms with van der Waals surface area (Å²) in [7, 11) is 3.17. The number of hydrogen-bond acceptors (Lipinski definition) is 3. The first-order valence-corrected chi connectivity index (χ1v) is 9.25. The molecule has 2 amide bonds. The maximum atomic E-state index is 12.6. The fourth-order valence-electron chi connectivity index (χ4n) is 3.07. The number of halogens is 1. The minimum Gasteiger partial charge on any atom is -0.383 e. The zero-order chi connectivity index (χ0) is 20.3. The van der Waals surface area contributed by atoms with Gasteiger partial charge in [0.1, 0.15) is 11.8 Å². The standard InChI is InChI=1S/C21H22ClN3O3/c1-25(2)21(28)19(26)16(13-6-4-3-5-7-13)12-23-20(27)18-11-14-10-15(22)8-9-17(14)24-18/h3-11,16,19,24,26H,12H2,1-2H3,(H,23,27)/t16?,19-/m1/s1. The van der Waals surface area contributed by atoms with Crippen LogP contribution in [0.2, 0.25) is 5.02 Å². The van der Waals surface area contributed by atoms with Gasteiger partial charge in [0.05, 0.1) is 0 Å². The van der Waals surface area contributed by atoms with Gasteiger partial charge in [-0.15, -0.1) is 0 Å². The van der Waals surface area contributed by atoms with Crippen LogP contribution in [0.5, 0.6) is 0 Å². The lowest BCUT2D eigenvalue weighted by atomic mass is 9.92. The summed E-state index contributed by atoms with van der Waals surface area (Å²) >= 11 is 5.99. The number of rotatable bonds is 6. The molecule has 2 atom stereocenters. The summed E-state index contributed by atoms with van der Waals surface area (Å²) < 4.78 is 0. The number of amides is 2. The second kappa shape index (κ2) is 8.46. The van der Waals surface area contributed by atoms with Gasteiger partial charge in [0.25, 0.3) is 11.8 Å². The third-order valence-electron chi connectivity index (χ3n) is 4.61. The Balaban J connectivity index is 1.78. The molecule has 2 aromatic carbocycles. The van der Waals surface area contributed by atoms with E-state index in [4.69, 9.17) is 11.6 Å². The highest BCUT2D eigenvalue weighted by molar-refractivity contribution is 6.31. The molecule has 3 rings (SSSR count). The summed E-state index contributed by atoms with van der Waals surface area (Å²) in [6.07, 6.45) is -1.26. The number of aromatic amines is 1. The molecular weight excluding hydrogens is 378 g/mol. The Morgan fingerprint density at radius 3 is 2.54 bits per heavy atom. The Hall–Kier alpha value is -2.83. The van der Waals surface area contributed by atoms with Crippen molar-refractivity contribution in [2.75, 3.05) is 20.6 Å². The Morgan fingerprint density at radius 1 is 1.14 bits per heavy atom. The number of fused-ring (bicyclic) bond motifs is 1. The molecule has 1 unspecified atom stereocenters. The van der Waals surface area contributed by atoms with Crippen molar-refractivity contribution >= 4 is 34.3 Å². The van der Waals surface area contributed by atoms with E-state index in [9.17, 15) is 14.7 Å². The second-order valence-electron chi connectivity index (χ2n) is 6.82. The van der Waals surface area contributed by atoms with Crippen LogP contribution in [0.25, 0.3) is 10.9 Å². The van der Waals surface area contributed by atoms with Crippen molar-refractivity contribution in [2.45, 2.75) is 12.0 Å². The van der Waals surface area contributed by atoms with Crippen LogP contribution in [-0.2, 0) is 4.79 Å². The zero-order valence-electron chi connectivity index (χ0n) is 15.6. The number of nitrogens with zero attached hydrogens (tertiary/aromatic N) is 1. The number of likely N-dealkylation sites (N-methyl/N-ethyl adjacent to an activating group) is 1. The average molecular weight is 400 g/mol. The molecule has 0 fully saturated rings. The lowest BCUT2D eigenvalue weighted by Gasteiger charge is -2.25. The Kier molecular flexibility index (Phi) is 6.02. The first-order chi connectivity index (χ1) is 13.4. The molecule has 0 aliphatic heterocycles. The SMILES string of the molecule is CN(C)C(=O)[C@H](O)C(CNC(=O)c1cc2cc(Cl)ccc2[nH]1)c1ccccc1. The van der Waals surface area contributed by atoms with Crippen molar-refractivity contribution in [3.63, 3.8) is 0 Å². The summed E-state index contributed by atoms with van der Waals surface area (Å²) in [6, 6.07) is 16.2.